The van der Waals surface area contributed by atoms with E-state index >= 15 is 0 Å². The Morgan fingerprint density at radius 1 is 0.927 bits per heavy atom. The van der Waals surface area contributed by atoms with Gasteiger partial charge in [0.1, 0.15) is 11.9 Å². The zero-order chi connectivity index (χ0) is 30.0. The molecule has 1 atom stereocenters. The van der Waals surface area contributed by atoms with Gasteiger partial charge in [0.2, 0.25) is 21.8 Å². The van der Waals surface area contributed by atoms with Gasteiger partial charge in [0.05, 0.1) is 11.9 Å². The first-order valence-electron chi connectivity index (χ1n) is 13.9. The highest BCUT2D eigenvalue weighted by molar-refractivity contribution is 7.92. The summed E-state index contributed by atoms with van der Waals surface area (Å²) in [4.78, 5) is 28.7. The van der Waals surface area contributed by atoms with Crippen molar-refractivity contribution in [3.63, 3.8) is 0 Å². The summed E-state index contributed by atoms with van der Waals surface area (Å²) in [5, 5.41) is 2.93. The average molecular weight is 582 g/mol. The van der Waals surface area contributed by atoms with Crippen molar-refractivity contribution in [2.45, 2.75) is 59.0 Å². The summed E-state index contributed by atoms with van der Waals surface area (Å²) < 4.78 is 40.3. The fraction of sp³-hybridized carbons (Fsp3) is 0.375. The van der Waals surface area contributed by atoms with Gasteiger partial charge in [-0.25, -0.2) is 12.8 Å². The molecule has 0 saturated carbocycles. The van der Waals surface area contributed by atoms with Crippen molar-refractivity contribution in [1.29, 1.82) is 0 Å². The van der Waals surface area contributed by atoms with Crippen molar-refractivity contribution in [3.05, 3.63) is 101 Å². The number of sulfonamides is 1. The molecule has 0 aliphatic heterocycles. The van der Waals surface area contributed by atoms with Crippen LogP contribution in [0.2, 0.25) is 0 Å². The Morgan fingerprint density at radius 3 is 2.15 bits per heavy atom. The van der Waals surface area contributed by atoms with E-state index in [1.54, 1.807) is 12.1 Å². The number of carbonyl (C=O) groups is 2. The van der Waals surface area contributed by atoms with Gasteiger partial charge in [-0.2, -0.15) is 0 Å². The quantitative estimate of drug-likeness (QED) is 0.285. The first-order chi connectivity index (χ1) is 19.5. The molecule has 0 aliphatic rings. The lowest BCUT2D eigenvalue weighted by Crippen LogP contribution is -2.50. The molecule has 3 aromatic rings. The SMILES string of the molecule is CCCNC(=O)C(Cc1ccccc1)N(Cc1ccc(F)cc1)C(=O)CCCN(c1cc(C)cc(C)c1)S(C)(=O)=O. The van der Waals surface area contributed by atoms with Crippen LogP contribution in [-0.2, 0) is 32.6 Å². The van der Waals surface area contributed by atoms with Crippen molar-refractivity contribution in [2.24, 2.45) is 0 Å². The Kier molecular flexibility index (Phi) is 11.5. The van der Waals surface area contributed by atoms with Crippen LogP contribution < -0.4 is 9.62 Å². The van der Waals surface area contributed by atoms with E-state index in [0.717, 1.165) is 29.4 Å². The fourth-order valence-electron chi connectivity index (χ4n) is 4.81. The number of nitrogens with one attached hydrogen (secondary N) is 1. The van der Waals surface area contributed by atoms with Gasteiger partial charge in [-0.15, -0.1) is 0 Å². The second-order valence-corrected chi connectivity index (χ2v) is 12.3. The fourth-order valence-corrected chi connectivity index (χ4v) is 5.75. The maximum absolute atomic E-state index is 13.8. The second-order valence-electron chi connectivity index (χ2n) is 10.4. The first-order valence-corrected chi connectivity index (χ1v) is 15.7. The molecule has 0 heterocycles. The molecule has 3 rings (SSSR count). The van der Waals surface area contributed by atoms with Crippen molar-refractivity contribution in [3.8, 4) is 0 Å². The van der Waals surface area contributed by atoms with Gasteiger partial charge in [-0.1, -0.05) is 55.5 Å². The number of carbonyl (C=O) groups excluding carboxylic acids is 2. The van der Waals surface area contributed by atoms with Gasteiger partial charge in [-0.05, 0) is 73.2 Å². The third-order valence-corrected chi connectivity index (χ3v) is 7.93. The minimum atomic E-state index is -3.59. The molecule has 3 aromatic carbocycles. The lowest BCUT2D eigenvalue weighted by molar-refractivity contribution is -0.141. The zero-order valence-corrected chi connectivity index (χ0v) is 25.1. The van der Waals surface area contributed by atoms with E-state index < -0.39 is 16.1 Å². The Labute approximate surface area is 243 Å². The molecule has 9 heteroatoms. The number of nitrogens with zero attached hydrogens (tertiary/aromatic N) is 2. The van der Waals surface area contributed by atoms with Crippen LogP contribution in [0.4, 0.5) is 10.1 Å². The monoisotopic (exact) mass is 581 g/mol. The highest BCUT2D eigenvalue weighted by Gasteiger charge is 2.30. The predicted molar refractivity (Wildman–Crippen MR) is 162 cm³/mol. The Hall–Kier alpha value is -3.72. The van der Waals surface area contributed by atoms with Crippen LogP contribution in [0.3, 0.4) is 0 Å². The van der Waals surface area contributed by atoms with Gasteiger partial charge in [0.15, 0.2) is 0 Å². The van der Waals surface area contributed by atoms with E-state index in [1.165, 1.54) is 21.3 Å². The lowest BCUT2D eigenvalue weighted by atomic mass is 10.0. The molecule has 0 aromatic heterocycles. The van der Waals surface area contributed by atoms with Crippen molar-refractivity contribution < 1.29 is 22.4 Å². The molecule has 220 valence electrons. The normalized spacial score (nSPS) is 12.0. The maximum Gasteiger partial charge on any atom is 0.243 e. The van der Waals surface area contributed by atoms with E-state index in [9.17, 15) is 22.4 Å². The second kappa shape index (κ2) is 14.8. The minimum Gasteiger partial charge on any atom is -0.354 e. The largest absolute Gasteiger partial charge is 0.354 e. The number of rotatable bonds is 14. The Balaban J connectivity index is 1.87. The molecule has 1 N–H and O–H groups in total. The van der Waals surface area contributed by atoms with Gasteiger partial charge >= 0.3 is 0 Å². The molecule has 41 heavy (non-hydrogen) atoms. The molecule has 0 saturated heterocycles. The van der Waals surface area contributed by atoms with Gasteiger partial charge < -0.3 is 10.2 Å². The molecule has 0 spiro atoms. The summed E-state index contributed by atoms with van der Waals surface area (Å²) >= 11 is 0. The highest BCUT2D eigenvalue weighted by Crippen LogP contribution is 2.23. The van der Waals surface area contributed by atoms with Crippen LogP contribution in [0.25, 0.3) is 0 Å². The molecule has 0 fully saturated rings. The molecular weight excluding hydrogens is 541 g/mol. The van der Waals surface area contributed by atoms with E-state index in [2.05, 4.69) is 5.32 Å². The van der Waals surface area contributed by atoms with E-state index in [-0.39, 0.29) is 43.6 Å². The van der Waals surface area contributed by atoms with Crippen LogP contribution in [0.5, 0.6) is 0 Å². The molecule has 0 radical (unpaired) electrons. The van der Waals surface area contributed by atoms with Crippen LogP contribution in [-0.4, -0.2) is 50.5 Å². The number of anilines is 1. The third kappa shape index (κ3) is 9.70. The van der Waals surface area contributed by atoms with Gasteiger partial charge in [0.25, 0.3) is 0 Å². The molecule has 7 nitrogen and oxygen atoms in total. The van der Waals surface area contributed by atoms with Crippen LogP contribution in [0.15, 0.2) is 72.8 Å². The lowest BCUT2D eigenvalue weighted by Gasteiger charge is -2.32. The summed E-state index contributed by atoms with van der Waals surface area (Å²) in [6.45, 7) is 6.47. The van der Waals surface area contributed by atoms with Crippen LogP contribution in [0, 0.1) is 19.7 Å². The number of benzene rings is 3. The van der Waals surface area contributed by atoms with Gasteiger partial charge in [0, 0.05) is 32.5 Å². The van der Waals surface area contributed by atoms with E-state index in [4.69, 9.17) is 0 Å². The number of hydrogen-bond donors (Lipinski definition) is 1. The smallest absolute Gasteiger partial charge is 0.243 e. The summed E-state index contributed by atoms with van der Waals surface area (Å²) in [6, 6.07) is 20.1. The molecule has 0 aliphatic carbocycles. The highest BCUT2D eigenvalue weighted by atomic mass is 32.2. The number of amides is 2. The summed E-state index contributed by atoms with van der Waals surface area (Å²) in [5.41, 5.74) is 4.03. The molecular formula is C32H40FN3O4S. The first kappa shape index (κ1) is 31.8. The number of hydrogen-bond acceptors (Lipinski definition) is 4. The van der Waals surface area contributed by atoms with Crippen molar-refractivity contribution in [1.82, 2.24) is 10.2 Å². The summed E-state index contributed by atoms with van der Waals surface area (Å²) in [5.74, 6) is -0.935. The van der Waals surface area contributed by atoms with Crippen LogP contribution >= 0.6 is 0 Å². The van der Waals surface area contributed by atoms with E-state index in [1.807, 2.05) is 69.3 Å². The van der Waals surface area contributed by atoms with E-state index in [0.29, 0.717) is 24.2 Å². The predicted octanol–water partition coefficient (Wildman–Crippen LogP) is 5.16. The molecule has 2 amide bonds. The third-order valence-electron chi connectivity index (χ3n) is 6.73. The Morgan fingerprint density at radius 2 is 1.56 bits per heavy atom. The minimum absolute atomic E-state index is 0.0321. The standard InChI is InChI=1S/C32H40FN3O4S/c1-5-17-34-32(38)30(22-26-10-7-6-8-11-26)35(23-27-13-15-28(33)16-14-27)31(37)12-9-18-36(41(4,39)40)29-20-24(2)19-25(3)21-29/h6-8,10-11,13-16,19-21,30H,5,9,12,17-18,22-23H2,1-4H3,(H,34,38). The zero-order valence-electron chi connectivity index (χ0n) is 24.3. The summed E-state index contributed by atoms with van der Waals surface area (Å²) in [6.07, 6.45) is 2.50. The molecule has 1 unspecified atom stereocenters. The maximum atomic E-state index is 13.8. The topological polar surface area (TPSA) is 86.8 Å². The van der Waals surface area contributed by atoms with Crippen molar-refractivity contribution >= 4 is 27.5 Å². The Bertz CT molecular complexity index is 1390. The summed E-state index contributed by atoms with van der Waals surface area (Å²) in [7, 11) is -3.59. The van der Waals surface area contributed by atoms with Crippen LogP contribution in [0.1, 0.15) is 48.4 Å². The molecule has 0 bridgehead atoms. The number of halogens is 1. The number of aryl methyl sites for hydroxylation is 2. The van der Waals surface area contributed by atoms with Gasteiger partial charge in [-0.3, -0.25) is 13.9 Å². The average Bonchev–Trinajstić information content (AvgIpc) is 2.91. The van der Waals surface area contributed by atoms with Crippen molar-refractivity contribution in [2.75, 3.05) is 23.7 Å².